The molecule has 0 spiro atoms. The van der Waals surface area contributed by atoms with Crippen molar-refractivity contribution < 1.29 is 18.8 Å². The predicted molar refractivity (Wildman–Crippen MR) is 179 cm³/mol. The van der Waals surface area contributed by atoms with E-state index in [1.54, 1.807) is 12.1 Å². The maximum absolute atomic E-state index is 14.7. The van der Waals surface area contributed by atoms with Gasteiger partial charge in [0.15, 0.2) is 0 Å². The van der Waals surface area contributed by atoms with Gasteiger partial charge in [-0.2, -0.15) is 0 Å². The van der Waals surface area contributed by atoms with E-state index in [2.05, 4.69) is 58.7 Å². The molecule has 8 heteroatoms. The van der Waals surface area contributed by atoms with E-state index in [1.807, 2.05) is 30.9 Å². The lowest BCUT2D eigenvalue weighted by atomic mass is 9.90. The molecule has 0 aliphatic carbocycles. The van der Waals surface area contributed by atoms with E-state index in [0.717, 1.165) is 38.9 Å². The molecule has 2 aliphatic rings. The highest BCUT2D eigenvalue weighted by Crippen LogP contribution is 2.29. The summed E-state index contributed by atoms with van der Waals surface area (Å²) < 4.78 is 14.7. The lowest BCUT2D eigenvalue weighted by Crippen LogP contribution is -2.46. The molecule has 0 saturated carbocycles. The molecule has 2 atom stereocenters. The zero-order valence-corrected chi connectivity index (χ0v) is 27.1. The fraction of sp³-hybridized carbons (Fsp3) is 0.447. The summed E-state index contributed by atoms with van der Waals surface area (Å²) in [5.74, 6) is -0.965. The summed E-state index contributed by atoms with van der Waals surface area (Å²) in [6.07, 6.45) is 3.21. The topological polar surface area (TPSA) is 73.0 Å². The lowest BCUT2D eigenvalue weighted by molar-refractivity contribution is -0.134. The number of rotatable bonds is 7. The summed E-state index contributed by atoms with van der Waals surface area (Å²) in [6, 6.07) is 26.0. The highest BCUT2D eigenvalue weighted by Gasteiger charge is 2.43. The number of carbonyl (C=O) groups excluding carboxylic acids is 3. The molecule has 0 aromatic heterocycles. The Hall–Kier alpha value is -4.04. The van der Waals surface area contributed by atoms with E-state index in [9.17, 15) is 18.8 Å². The molecule has 2 saturated heterocycles. The quantitative estimate of drug-likeness (QED) is 0.364. The second-order valence-electron chi connectivity index (χ2n) is 13.1. The standard InChI is InChI=1S/C38H47FN4O3/c1-28(2)24-36(44)42-23-13-22-41(27-33(29-14-5-3-6-15-29)30-16-7-4-8-17-30)21-12-11-20-40-37(45)35-25-31(42)26-43(35)38(46)32-18-9-10-19-34(32)39/h3-10,14-19,28,31,33,35H,11-13,20-27H2,1-2H3,(H,40,45)/t31-,35-/m0/s1. The molecule has 244 valence electrons. The Kier molecular flexibility index (Phi) is 11.6. The van der Waals surface area contributed by atoms with Gasteiger partial charge in [0.1, 0.15) is 11.9 Å². The molecule has 1 N–H and O–H groups in total. The van der Waals surface area contributed by atoms with Gasteiger partial charge in [-0.15, -0.1) is 0 Å². The number of hydrogen-bond acceptors (Lipinski definition) is 4. The predicted octanol–water partition coefficient (Wildman–Crippen LogP) is 5.72. The molecule has 5 rings (SSSR count). The van der Waals surface area contributed by atoms with Gasteiger partial charge in [-0.1, -0.05) is 86.6 Å². The fourth-order valence-electron chi connectivity index (χ4n) is 6.86. The monoisotopic (exact) mass is 626 g/mol. The van der Waals surface area contributed by atoms with Crippen molar-refractivity contribution in [3.05, 3.63) is 107 Å². The van der Waals surface area contributed by atoms with Crippen molar-refractivity contribution in [1.29, 1.82) is 0 Å². The van der Waals surface area contributed by atoms with Crippen molar-refractivity contribution >= 4 is 17.7 Å². The van der Waals surface area contributed by atoms with Gasteiger partial charge < -0.3 is 20.0 Å². The van der Waals surface area contributed by atoms with Gasteiger partial charge in [0, 0.05) is 38.5 Å². The van der Waals surface area contributed by atoms with E-state index in [0.29, 0.717) is 25.9 Å². The van der Waals surface area contributed by atoms with Gasteiger partial charge in [-0.05, 0) is 68.0 Å². The Labute approximate surface area is 272 Å². The minimum atomic E-state index is -0.761. The van der Waals surface area contributed by atoms with Gasteiger partial charge in [0.2, 0.25) is 11.8 Å². The van der Waals surface area contributed by atoms with Crippen LogP contribution in [0.4, 0.5) is 4.39 Å². The minimum Gasteiger partial charge on any atom is -0.354 e. The summed E-state index contributed by atoms with van der Waals surface area (Å²) in [4.78, 5) is 46.7. The van der Waals surface area contributed by atoms with Crippen LogP contribution in [0.2, 0.25) is 0 Å². The molecule has 2 aliphatic heterocycles. The van der Waals surface area contributed by atoms with Gasteiger partial charge in [-0.25, -0.2) is 4.39 Å². The molecule has 2 heterocycles. The molecule has 3 aromatic carbocycles. The normalized spacial score (nSPS) is 20.1. The molecule has 0 radical (unpaired) electrons. The molecule has 2 bridgehead atoms. The number of amides is 3. The van der Waals surface area contributed by atoms with Gasteiger partial charge in [0.05, 0.1) is 11.6 Å². The van der Waals surface area contributed by atoms with E-state index in [1.165, 1.54) is 28.2 Å². The average molecular weight is 627 g/mol. The lowest BCUT2D eigenvalue weighted by Gasteiger charge is -2.32. The van der Waals surface area contributed by atoms with E-state index < -0.39 is 17.8 Å². The number of nitrogens with zero attached hydrogens (tertiary/aromatic N) is 3. The SMILES string of the molecule is CC(C)CC(=O)N1CCCN(CC(c2ccccc2)c2ccccc2)CCCCNC(=O)[C@@H]2C[C@H]1CN2C(=O)c1ccccc1F. The van der Waals surface area contributed by atoms with Crippen molar-refractivity contribution in [2.24, 2.45) is 5.92 Å². The maximum Gasteiger partial charge on any atom is 0.257 e. The van der Waals surface area contributed by atoms with Gasteiger partial charge in [0.25, 0.3) is 5.91 Å². The Morgan fingerprint density at radius 2 is 1.46 bits per heavy atom. The van der Waals surface area contributed by atoms with Crippen molar-refractivity contribution in [1.82, 2.24) is 20.0 Å². The molecule has 46 heavy (non-hydrogen) atoms. The highest BCUT2D eigenvalue weighted by molar-refractivity contribution is 5.98. The first-order valence-corrected chi connectivity index (χ1v) is 16.8. The third-order valence-corrected chi connectivity index (χ3v) is 9.21. The van der Waals surface area contributed by atoms with Crippen molar-refractivity contribution in [3.63, 3.8) is 0 Å². The molecule has 2 fully saturated rings. The second-order valence-corrected chi connectivity index (χ2v) is 13.1. The number of nitrogens with one attached hydrogen (secondary N) is 1. The van der Waals surface area contributed by atoms with Crippen LogP contribution in [0.3, 0.4) is 0 Å². The minimum absolute atomic E-state index is 0.0319. The molecule has 0 unspecified atom stereocenters. The molecule has 7 nitrogen and oxygen atoms in total. The van der Waals surface area contributed by atoms with E-state index in [4.69, 9.17) is 0 Å². The fourth-order valence-corrected chi connectivity index (χ4v) is 6.86. The molecule has 3 aromatic rings. The van der Waals surface area contributed by atoms with Crippen LogP contribution in [-0.2, 0) is 9.59 Å². The number of benzene rings is 3. The number of fused-ring (bicyclic) bond motifs is 2. The Morgan fingerprint density at radius 1 is 0.826 bits per heavy atom. The third-order valence-electron chi connectivity index (χ3n) is 9.21. The first kappa shape index (κ1) is 33.3. The van der Waals surface area contributed by atoms with Crippen LogP contribution >= 0.6 is 0 Å². The number of carbonyl (C=O) groups is 3. The molecular formula is C38H47FN4O3. The Bertz CT molecular complexity index is 1410. The first-order chi connectivity index (χ1) is 22.3. The van der Waals surface area contributed by atoms with Crippen molar-refractivity contribution in [3.8, 4) is 0 Å². The smallest absolute Gasteiger partial charge is 0.257 e. The summed E-state index contributed by atoms with van der Waals surface area (Å²) in [6.45, 7) is 7.81. The zero-order valence-electron chi connectivity index (χ0n) is 27.1. The van der Waals surface area contributed by atoms with Crippen LogP contribution in [0.15, 0.2) is 84.9 Å². The number of halogens is 1. The zero-order chi connectivity index (χ0) is 32.5. The molecule has 3 amide bonds. The van der Waals surface area contributed by atoms with Crippen LogP contribution in [0.5, 0.6) is 0 Å². The second kappa shape index (κ2) is 16.0. The summed E-state index contributed by atoms with van der Waals surface area (Å²) >= 11 is 0. The van der Waals surface area contributed by atoms with Crippen molar-refractivity contribution in [2.45, 2.75) is 64.0 Å². The summed E-state index contributed by atoms with van der Waals surface area (Å²) in [7, 11) is 0. The average Bonchev–Trinajstić information content (AvgIpc) is 3.50. The maximum atomic E-state index is 14.7. The van der Waals surface area contributed by atoms with E-state index in [-0.39, 0.29) is 41.8 Å². The van der Waals surface area contributed by atoms with Crippen LogP contribution in [0.25, 0.3) is 0 Å². The Morgan fingerprint density at radius 3 is 2.11 bits per heavy atom. The van der Waals surface area contributed by atoms with Crippen molar-refractivity contribution in [2.75, 3.05) is 39.3 Å². The van der Waals surface area contributed by atoms with Crippen LogP contribution in [0.1, 0.15) is 73.4 Å². The third kappa shape index (κ3) is 8.40. The Balaban J connectivity index is 1.39. The van der Waals surface area contributed by atoms with Crippen LogP contribution in [-0.4, -0.2) is 83.8 Å². The number of likely N-dealkylation sites (tertiary alicyclic amines) is 1. The summed E-state index contributed by atoms with van der Waals surface area (Å²) in [5.41, 5.74) is 2.48. The van der Waals surface area contributed by atoms with Crippen LogP contribution in [0, 0.1) is 11.7 Å². The van der Waals surface area contributed by atoms with Crippen LogP contribution < -0.4 is 5.32 Å². The molecular weight excluding hydrogens is 579 g/mol. The van der Waals surface area contributed by atoms with Gasteiger partial charge >= 0.3 is 0 Å². The van der Waals surface area contributed by atoms with E-state index >= 15 is 0 Å². The number of hydrogen-bond donors (Lipinski definition) is 1. The van der Waals surface area contributed by atoms with Gasteiger partial charge in [-0.3, -0.25) is 14.4 Å². The largest absolute Gasteiger partial charge is 0.354 e. The first-order valence-electron chi connectivity index (χ1n) is 16.8. The summed E-state index contributed by atoms with van der Waals surface area (Å²) in [5, 5.41) is 3.05. The highest BCUT2D eigenvalue weighted by atomic mass is 19.1.